The van der Waals surface area contributed by atoms with Gasteiger partial charge in [0, 0.05) is 0 Å². The van der Waals surface area contributed by atoms with Crippen LogP contribution in [0.1, 0.15) is 115 Å². The first-order chi connectivity index (χ1) is 13.2. The zero-order valence-electron chi connectivity index (χ0n) is 18.6. The molecule has 0 aromatic heterocycles. The van der Waals surface area contributed by atoms with E-state index in [-0.39, 0.29) is 0 Å². The molecule has 0 amide bonds. The third-order valence-corrected chi connectivity index (χ3v) is 7.55. The number of benzene rings is 1. The number of rotatable bonds is 15. The number of aryl methyl sites for hydroxylation is 1. The molecule has 0 heterocycles. The van der Waals surface area contributed by atoms with Gasteiger partial charge in [0.15, 0.2) is 0 Å². The number of hydrogen-bond donors (Lipinski definition) is 1. The van der Waals surface area contributed by atoms with Gasteiger partial charge in [-0.05, 0) is 50.3 Å². The molecule has 3 nitrogen and oxygen atoms in total. The maximum atomic E-state index is 11.7. The molecular weight excluding hydrogens is 368 g/mol. The van der Waals surface area contributed by atoms with Crippen LogP contribution < -0.4 is 0 Å². The molecule has 0 aliphatic carbocycles. The molecule has 0 saturated carbocycles. The molecule has 0 atom stereocenters. The summed E-state index contributed by atoms with van der Waals surface area (Å²) >= 11 is 0. The minimum Gasteiger partial charge on any atom is -0.285 e. The van der Waals surface area contributed by atoms with E-state index < -0.39 is 14.9 Å². The van der Waals surface area contributed by atoms with Crippen molar-refractivity contribution in [3.8, 4) is 0 Å². The summed E-state index contributed by atoms with van der Waals surface area (Å²) in [4.78, 5) is 0. The number of unbranched alkanes of at least 4 members (excludes halogenated alkanes) is 11. The van der Waals surface area contributed by atoms with Gasteiger partial charge in [0.2, 0.25) is 0 Å². The summed E-state index contributed by atoms with van der Waals surface area (Å²) in [5.74, 6) is 0. The first-order valence-electron chi connectivity index (χ1n) is 11.3. The highest BCUT2D eigenvalue weighted by Gasteiger charge is 2.36. The fraction of sp³-hybridized carbons (Fsp3) is 0.750. The second kappa shape index (κ2) is 12.6. The summed E-state index contributed by atoms with van der Waals surface area (Å²) in [6.45, 7) is 7.37. The van der Waals surface area contributed by atoms with E-state index in [2.05, 4.69) is 13.0 Å². The Labute approximate surface area is 174 Å². The van der Waals surface area contributed by atoms with Crippen molar-refractivity contribution in [1.29, 1.82) is 0 Å². The minimum absolute atomic E-state index is 0.700. The van der Waals surface area contributed by atoms with Crippen LogP contribution in [0, 0.1) is 6.92 Å². The van der Waals surface area contributed by atoms with E-state index >= 15 is 0 Å². The fourth-order valence-electron chi connectivity index (χ4n) is 3.90. The van der Waals surface area contributed by atoms with Crippen molar-refractivity contribution in [2.24, 2.45) is 0 Å². The summed E-state index contributed by atoms with van der Waals surface area (Å²) in [7, 11) is -4.14. The fourth-order valence-corrected chi connectivity index (χ4v) is 4.40. The van der Waals surface area contributed by atoms with Gasteiger partial charge < -0.3 is 0 Å². The van der Waals surface area contributed by atoms with Gasteiger partial charge in [0.05, 0.1) is 0 Å². The Morgan fingerprint density at radius 3 is 1.75 bits per heavy atom. The van der Waals surface area contributed by atoms with Crippen molar-refractivity contribution >= 4 is 10.1 Å². The molecular formula is C24H42O3S. The zero-order chi connectivity index (χ0) is 21.0. The van der Waals surface area contributed by atoms with Crippen LogP contribution in [0.5, 0.6) is 0 Å². The summed E-state index contributed by atoms with van der Waals surface area (Å²) in [6.07, 6.45) is 17.0. The van der Waals surface area contributed by atoms with E-state index in [0.717, 1.165) is 18.4 Å². The highest BCUT2D eigenvalue weighted by molar-refractivity contribution is 7.86. The second-order valence-corrected chi connectivity index (χ2v) is 10.7. The van der Waals surface area contributed by atoms with Gasteiger partial charge in [-0.25, -0.2) is 0 Å². The Morgan fingerprint density at radius 2 is 1.29 bits per heavy atom. The van der Waals surface area contributed by atoms with Crippen LogP contribution in [0.25, 0.3) is 0 Å². The van der Waals surface area contributed by atoms with Crippen LogP contribution in [0.3, 0.4) is 0 Å². The summed E-state index contributed by atoms with van der Waals surface area (Å²) in [5.41, 5.74) is 2.89. The van der Waals surface area contributed by atoms with Gasteiger partial charge in [-0.2, -0.15) is 8.42 Å². The predicted octanol–water partition coefficient (Wildman–Crippen LogP) is 7.36. The van der Waals surface area contributed by atoms with Crippen molar-refractivity contribution < 1.29 is 13.0 Å². The van der Waals surface area contributed by atoms with Crippen LogP contribution in [0.4, 0.5) is 0 Å². The first-order valence-corrected chi connectivity index (χ1v) is 12.7. The molecule has 0 aliphatic heterocycles. The first kappa shape index (κ1) is 25.2. The van der Waals surface area contributed by atoms with Crippen LogP contribution in [-0.4, -0.2) is 13.0 Å². The average Bonchev–Trinajstić information content (AvgIpc) is 2.62. The van der Waals surface area contributed by atoms with Crippen molar-refractivity contribution in [2.75, 3.05) is 0 Å². The Bertz CT molecular complexity index is 662. The Kier molecular flexibility index (Phi) is 11.4. The lowest BCUT2D eigenvalue weighted by Crippen LogP contribution is -2.29. The van der Waals surface area contributed by atoms with Crippen LogP contribution in [0.15, 0.2) is 18.2 Å². The van der Waals surface area contributed by atoms with Crippen molar-refractivity contribution in [2.45, 2.75) is 116 Å². The van der Waals surface area contributed by atoms with E-state index in [1.165, 1.54) is 76.2 Å². The summed E-state index contributed by atoms with van der Waals surface area (Å²) in [5, 5.41) is 0. The molecule has 0 saturated heterocycles. The van der Waals surface area contributed by atoms with E-state index in [9.17, 15) is 13.0 Å². The van der Waals surface area contributed by atoms with Gasteiger partial charge in [0.25, 0.3) is 10.1 Å². The van der Waals surface area contributed by atoms with Gasteiger partial charge in [-0.15, -0.1) is 0 Å². The van der Waals surface area contributed by atoms with E-state index in [4.69, 9.17) is 0 Å². The standard InChI is InChI=1S/C24H42O3S/c1-5-6-7-8-9-10-11-12-13-14-15-16-18-22-19-17-20-23(21(22)2)24(3,4)28(25,26)27/h17,19-20H,5-16,18H2,1-4H3,(H,25,26,27). The molecule has 1 rings (SSSR count). The van der Waals surface area contributed by atoms with Gasteiger partial charge >= 0.3 is 0 Å². The lowest BCUT2D eigenvalue weighted by atomic mass is 9.91. The Hall–Kier alpha value is -0.870. The maximum Gasteiger partial charge on any atom is 0.274 e. The molecule has 0 bridgehead atoms. The molecule has 0 radical (unpaired) electrons. The normalized spacial score (nSPS) is 12.5. The third kappa shape index (κ3) is 8.24. The SMILES string of the molecule is CCCCCCCCCCCCCCc1cccc(C(C)(C)S(=O)(=O)O)c1C. The molecule has 0 aliphatic rings. The smallest absolute Gasteiger partial charge is 0.274 e. The molecule has 0 unspecified atom stereocenters. The summed E-state index contributed by atoms with van der Waals surface area (Å²) in [6, 6.07) is 5.80. The van der Waals surface area contributed by atoms with Crippen LogP contribution >= 0.6 is 0 Å². The molecule has 162 valence electrons. The van der Waals surface area contributed by atoms with Crippen molar-refractivity contribution in [3.63, 3.8) is 0 Å². The third-order valence-electron chi connectivity index (χ3n) is 6.04. The topological polar surface area (TPSA) is 54.4 Å². The van der Waals surface area contributed by atoms with Gasteiger partial charge in [0.1, 0.15) is 4.75 Å². The van der Waals surface area contributed by atoms with Crippen LogP contribution in [-0.2, 0) is 21.3 Å². The molecule has 0 spiro atoms. The van der Waals surface area contributed by atoms with Gasteiger partial charge in [-0.3, -0.25) is 4.55 Å². The molecule has 28 heavy (non-hydrogen) atoms. The second-order valence-electron chi connectivity index (χ2n) is 8.71. The largest absolute Gasteiger partial charge is 0.285 e. The molecule has 1 N–H and O–H groups in total. The molecule has 4 heteroatoms. The lowest BCUT2D eigenvalue weighted by molar-refractivity contribution is 0.444. The lowest BCUT2D eigenvalue weighted by Gasteiger charge is -2.25. The van der Waals surface area contributed by atoms with Crippen molar-refractivity contribution in [1.82, 2.24) is 0 Å². The van der Waals surface area contributed by atoms with Crippen LogP contribution in [0.2, 0.25) is 0 Å². The highest BCUT2D eigenvalue weighted by Crippen LogP contribution is 2.32. The van der Waals surface area contributed by atoms with E-state index in [0.29, 0.717) is 5.56 Å². The quantitative estimate of drug-likeness (QED) is 0.243. The average molecular weight is 411 g/mol. The Morgan fingerprint density at radius 1 is 0.821 bits per heavy atom. The maximum absolute atomic E-state index is 11.7. The van der Waals surface area contributed by atoms with E-state index in [1.807, 2.05) is 19.1 Å². The van der Waals surface area contributed by atoms with Gasteiger partial charge in [-0.1, -0.05) is 95.8 Å². The molecule has 0 fully saturated rings. The summed E-state index contributed by atoms with van der Waals surface area (Å²) < 4.78 is 31.8. The highest BCUT2D eigenvalue weighted by atomic mass is 32.2. The zero-order valence-corrected chi connectivity index (χ0v) is 19.4. The molecule has 1 aromatic carbocycles. The van der Waals surface area contributed by atoms with E-state index in [1.54, 1.807) is 13.8 Å². The monoisotopic (exact) mass is 410 g/mol. The van der Waals surface area contributed by atoms with Crippen molar-refractivity contribution in [3.05, 3.63) is 34.9 Å². The predicted molar refractivity (Wildman–Crippen MR) is 121 cm³/mol. The minimum atomic E-state index is -4.14. The molecule has 1 aromatic rings. The Balaban J connectivity index is 2.29. The number of hydrogen-bond acceptors (Lipinski definition) is 2.